The molecule has 1 aromatic rings. The lowest BCUT2D eigenvalue weighted by Crippen LogP contribution is -3.10. The summed E-state index contributed by atoms with van der Waals surface area (Å²) in [4.78, 5) is 26.2. The van der Waals surface area contributed by atoms with Crippen LogP contribution in [0.2, 0.25) is 0 Å². The Hall–Kier alpha value is -1.95. The summed E-state index contributed by atoms with van der Waals surface area (Å²) >= 11 is 0. The number of para-hydroxylation sites is 1. The first-order chi connectivity index (χ1) is 9.99. The van der Waals surface area contributed by atoms with E-state index in [9.17, 15) is 14.9 Å². The lowest BCUT2D eigenvalue weighted by molar-refractivity contribution is -0.885. The third-order valence-electron chi connectivity index (χ3n) is 4.28. The smallest absolute Gasteiger partial charge is 0.273 e. The van der Waals surface area contributed by atoms with Gasteiger partial charge in [0.25, 0.3) is 5.69 Å². The number of nitro benzene ring substituents is 1. The van der Waals surface area contributed by atoms with Crippen LogP contribution < -0.4 is 4.90 Å². The van der Waals surface area contributed by atoms with Crippen molar-refractivity contribution in [3.05, 3.63) is 39.9 Å². The number of likely N-dealkylation sites (tertiary alicyclic amines) is 1. The van der Waals surface area contributed by atoms with E-state index >= 15 is 0 Å². The van der Waals surface area contributed by atoms with Crippen molar-refractivity contribution in [1.82, 2.24) is 4.90 Å². The number of rotatable bonds is 4. The second kappa shape index (κ2) is 6.67. The first-order valence-electron chi connectivity index (χ1n) is 7.28. The molecule has 114 valence electrons. The van der Waals surface area contributed by atoms with Crippen LogP contribution in [0.15, 0.2) is 24.3 Å². The first-order valence-corrected chi connectivity index (χ1v) is 7.28. The standard InChI is InChI=1S/C15H21N3O3/c1-16-9-7-13(8-10-16)17(2)15(19)11-12-5-3-4-6-14(12)18(20)21/h3-6,13H,7-11H2,1-2H3/p+1. The van der Waals surface area contributed by atoms with Gasteiger partial charge in [0.05, 0.1) is 31.5 Å². The Labute approximate surface area is 124 Å². The van der Waals surface area contributed by atoms with Gasteiger partial charge in [-0.3, -0.25) is 14.9 Å². The molecule has 0 aliphatic carbocycles. The van der Waals surface area contributed by atoms with E-state index in [2.05, 4.69) is 7.05 Å². The van der Waals surface area contributed by atoms with Gasteiger partial charge in [-0.2, -0.15) is 0 Å². The molecule has 1 aliphatic heterocycles. The monoisotopic (exact) mass is 292 g/mol. The SMILES string of the molecule is CN(C(=O)Cc1ccccc1[N+](=O)[O-])C1CC[NH+](C)CC1. The van der Waals surface area contributed by atoms with Crippen LogP contribution in [0.4, 0.5) is 5.69 Å². The zero-order valence-corrected chi connectivity index (χ0v) is 12.5. The van der Waals surface area contributed by atoms with Gasteiger partial charge in [0.15, 0.2) is 0 Å². The van der Waals surface area contributed by atoms with Gasteiger partial charge in [-0.25, -0.2) is 0 Å². The largest absolute Gasteiger partial charge is 0.342 e. The summed E-state index contributed by atoms with van der Waals surface area (Å²) in [6.45, 7) is 2.13. The highest BCUT2D eigenvalue weighted by Gasteiger charge is 2.27. The van der Waals surface area contributed by atoms with Crippen LogP contribution in [-0.2, 0) is 11.2 Å². The summed E-state index contributed by atoms with van der Waals surface area (Å²) in [6, 6.07) is 6.71. The summed E-state index contributed by atoms with van der Waals surface area (Å²) in [6.07, 6.45) is 2.07. The number of benzene rings is 1. The van der Waals surface area contributed by atoms with Gasteiger partial charge in [0.2, 0.25) is 5.91 Å². The molecule has 2 rings (SSSR count). The third kappa shape index (κ3) is 3.78. The first kappa shape index (κ1) is 15.4. The molecule has 6 heteroatoms. The second-order valence-electron chi connectivity index (χ2n) is 5.76. The molecule has 0 atom stereocenters. The average Bonchev–Trinajstić information content (AvgIpc) is 2.47. The number of carbonyl (C=O) groups is 1. The Morgan fingerprint density at radius 2 is 2.00 bits per heavy atom. The molecule has 1 aromatic carbocycles. The van der Waals surface area contributed by atoms with Crippen molar-refractivity contribution in [3.8, 4) is 0 Å². The van der Waals surface area contributed by atoms with Crippen molar-refractivity contribution in [1.29, 1.82) is 0 Å². The van der Waals surface area contributed by atoms with Gasteiger partial charge in [-0.1, -0.05) is 18.2 Å². The van der Waals surface area contributed by atoms with E-state index in [1.54, 1.807) is 23.1 Å². The van der Waals surface area contributed by atoms with Crippen molar-refractivity contribution in [3.63, 3.8) is 0 Å². The van der Waals surface area contributed by atoms with Crippen LogP contribution in [0, 0.1) is 10.1 Å². The molecule has 1 amide bonds. The van der Waals surface area contributed by atoms with Gasteiger partial charge in [-0.05, 0) is 0 Å². The molecule has 0 spiro atoms. The fraction of sp³-hybridized carbons (Fsp3) is 0.533. The number of likely N-dealkylation sites (N-methyl/N-ethyl adjacent to an activating group) is 1. The minimum absolute atomic E-state index is 0.0204. The zero-order valence-electron chi connectivity index (χ0n) is 12.5. The normalized spacial score (nSPS) is 21.8. The van der Waals surface area contributed by atoms with Crippen LogP contribution in [0.3, 0.4) is 0 Å². The Morgan fingerprint density at radius 1 is 1.38 bits per heavy atom. The van der Waals surface area contributed by atoms with Crippen molar-refractivity contribution >= 4 is 11.6 Å². The molecule has 1 fully saturated rings. The van der Waals surface area contributed by atoms with Crippen molar-refractivity contribution in [2.75, 3.05) is 27.2 Å². The third-order valence-corrected chi connectivity index (χ3v) is 4.28. The predicted octanol–water partition coefficient (Wildman–Crippen LogP) is 0.273. The number of nitro groups is 1. The number of nitrogens with zero attached hydrogens (tertiary/aromatic N) is 2. The number of hydrogen-bond acceptors (Lipinski definition) is 3. The number of amides is 1. The number of hydrogen-bond donors (Lipinski definition) is 1. The van der Waals surface area contributed by atoms with Gasteiger partial charge in [0.1, 0.15) is 0 Å². The van der Waals surface area contributed by atoms with E-state index in [4.69, 9.17) is 0 Å². The molecule has 1 heterocycles. The summed E-state index contributed by atoms with van der Waals surface area (Å²) in [5.74, 6) is -0.0474. The number of nitrogens with one attached hydrogen (secondary N) is 1. The average molecular weight is 292 g/mol. The maximum absolute atomic E-state index is 12.4. The fourth-order valence-corrected chi connectivity index (χ4v) is 2.81. The van der Waals surface area contributed by atoms with Gasteiger partial charge < -0.3 is 9.80 Å². The van der Waals surface area contributed by atoms with Crippen LogP contribution in [0.25, 0.3) is 0 Å². The zero-order chi connectivity index (χ0) is 15.4. The molecule has 0 aromatic heterocycles. The minimum Gasteiger partial charge on any atom is -0.342 e. The molecule has 1 N–H and O–H groups in total. The highest BCUT2D eigenvalue weighted by molar-refractivity contribution is 5.80. The second-order valence-corrected chi connectivity index (χ2v) is 5.76. The molecule has 21 heavy (non-hydrogen) atoms. The molecule has 0 unspecified atom stereocenters. The molecule has 0 bridgehead atoms. The Morgan fingerprint density at radius 3 is 2.62 bits per heavy atom. The fourth-order valence-electron chi connectivity index (χ4n) is 2.81. The Balaban J connectivity index is 2.03. The van der Waals surface area contributed by atoms with Crippen molar-refractivity contribution < 1.29 is 14.6 Å². The van der Waals surface area contributed by atoms with Crippen LogP contribution in [0.5, 0.6) is 0 Å². The maximum Gasteiger partial charge on any atom is 0.273 e. The minimum atomic E-state index is -0.429. The number of carbonyl (C=O) groups excluding carboxylic acids is 1. The Kier molecular flexibility index (Phi) is 4.90. The van der Waals surface area contributed by atoms with E-state index in [1.807, 2.05) is 7.05 Å². The van der Waals surface area contributed by atoms with Crippen LogP contribution in [-0.4, -0.2) is 49.0 Å². The highest BCUT2D eigenvalue weighted by atomic mass is 16.6. The predicted molar refractivity (Wildman–Crippen MR) is 79.2 cm³/mol. The highest BCUT2D eigenvalue weighted by Crippen LogP contribution is 2.19. The molecular formula is C15H22N3O3+. The molecule has 1 saturated heterocycles. The van der Waals surface area contributed by atoms with Crippen LogP contribution in [0.1, 0.15) is 18.4 Å². The van der Waals surface area contributed by atoms with E-state index in [0.29, 0.717) is 5.56 Å². The van der Waals surface area contributed by atoms with Gasteiger partial charge in [0, 0.05) is 37.6 Å². The van der Waals surface area contributed by atoms with E-state index in [-0.39, 0.29) is 24.1 Å². The van der Waals surface area contributed by atoms with E-state index < -0.39 is 4.92 Å². The molecule has 6 nitrogen and oxygen atoms in total. The van der Waals surface area contributed by atoms with E-state index in [0.717, 1.165) is 25.9 Å². The van der Waals surface area contributed by atoms with Crippen molar-refractivity contribution in [2.24, 2.45) is 0 Å². The topological polar surface area (TPSA) is 67.9 Å². The van der Waals surface area contributed by atoms with Gasteiger partial charge in [-0.15, -0.1) is 0 Å². The lowest BCUT2D eigenvalue weighted by Gasteiger charge is -2.33. The molecular weight excluding hydrogens is 270 g/mol. The quantitative estimate of drug-likeness (QED) is 0.640. The summed E-state index contributed by atoms with van der Waals surface area (Å²) in [7, 11) is 3.97. The maximum atomic E-state index is 12.4. The molecule has 1 aliphatic rings. The summed E-state index contributed by atoms with van der Waals surface area (Å²) in [5, 5.41) is 11.0. The Bertz CT molecular complexity index is 525. The lowest BCUT2D eigenvalue weighted by atomic mass is 10.0. The summed E-state index contributed by atoms with van der Waals surface area (Å²) < 4.78 is 0. The van der Waals surface area contributed by atoms with Gasteiger partial charge >= 0.3 is 0 Å². The van der Waals surface area contributed by atoms with Crippen molar-refractivity contribution in [2.45, 2.75) is 25.3 Å². The molecule has 0 saturated carbocycles. The van der Waals surface area contributed by atoms with Crippen LogP contribution >= 0.6 is 0 Å². The summed E-state index contributed by atoms with van der Waals surface area (Å²) in [5.41, 5.74) is 0.505. The number of piperidine rings is 1. The number of quaternary nitrogens is 1. The van der Waals surface area contributed by atoms with E-state index in [1.165, 1.54) is 11.0 Å². The molecule has 0 radical (unpaired) electrons.